The van der Waals surface area contributed by atoms with Gasteiger partial charge in [0, 0.05) is 18.4 Å². The minimum Gasteiger partial charge on any atom is -0.497 e. The zero-order chi connectivity index (χ0) is 18.6. The van der Waals surface area contributed by atoms with Crippen molar-refractivity contribution in [1.29, 1.82) is 0 Å². The number of hydrogen-bond acceptors (Lipinski definition) is 4. The third-order valence-corrected chi connectivity index (χ3v) is 4.42. The zero-order valence-electron chi connectivity index (χ0n) is 14.9. The maximum absolute atomic E-state index is 12.8. The Labute approximate surface area is 157 Å². The number of anilines is 2. The molecule has 1 aliphatic heterocycles. The van der Waals surface area contributed by atoms with Crippen LogP contribution in [0.25, 0.3) is 0 Å². The number of nitrogens with one attached hydrogen (secondary N) is 1. The van der Waals surface area contributed by atoms with Crippen molar-refractivity contribution < 1.29 is 14.3 Å². The highest BCUT2D eigenvalue weighted by atomic mass is 16.5. The Bertz CT molecular complexity index is 957. The molecule has 0 bridgehead atoms. The molecule has 0 atom stereocenters. The normalized spacial score (nSPS) is 12.4. The average Bonchev–Trinajstić information content (AvgIpc) is 3.14. The molecule has 0 aliphatic carbocycles. The fraction of sp³-hybridized carbons (Fsp3) is 0.143. The molecule has 2 amide bonds. The summed E-state index contributed by atoms with van der Waals surface area (Å²) in [6.45, 7) is 0.653. The molecule has 0 radical (unpaired) electrons. The van der Waals surface area contributed by atoms with Crippen molar-refractivity contribution in [2.75, 3.05) is 23.9 Å². The minimum absolute atomic E-state index is 0.201. The number of fused-ring (bicyclic) bond motifs is 1. The molecule has 27 heavy (non-hydrogen) atoms. The molecule has 2 aromatic carbocycles. The largest absolute Gasteiger partial charge is 0.497 e. The Morgan fingerprint density at radius 1 is 1.04 bits per heavy atom. The molecule has 136 valence electrons. The summed E-state index contributed by atoms with van der Waals surface area (Å²) in [6, 6.07) is 18.4. The monoisotopic (exact) mass is 361 g/mol. The van der Waals surface area contributed by atoms with Gasteiger partial charge in [-0.3, -0.25) is 4.90 Å². The van der Waals surface area contributed by atoms with E-state index < -0.39 is 0 Å². The van der Waals surface area contributed by atoms with Crippen LogP contribution in [0.1, 0.15) is 5.56 Å². The lowest BCUT2D eigenvalue weighted by Crippen LogP contribution is -2.33. The number of ether oxygens (including phenoxy) is 2. The lowest BCUT2D eigenvalue weighted by Gasteiger charge is -2.19. The van der Waals surface area contributed by atoms with Crippen molar-refractivity contribution in [2.24, 2.45) is 0 Å². The van der Waals surface area contributed by atoms with Gasteiger partial charge in [0.05, 0.1) is 7.11 Å². The first kappa shape index (κ1) is 16.9. The van der Waals surface area contributed by atoms with Gasteiger partial charge in [0.25, 0.3) is 0 Å². The van der Waals surface area contributed by atoms with Crippen molar-refractivity contribution in [3.63, 3.8) is 0 Å². The second-order valence-corrected chi connectivity index (χ2v) is 6.09. The fourth-order valence-electron chi connectivity index (χ4n) is 3.05. The molecule has 0 saturated heterocycles. The summed E-state index contributed by atoms with van der Waals surface area (Å²) in [7, 11) is 1.61. The van der Waals surface area contributed by atoms with E-state index >= 15 is 0 Å². The fourth-order valence-corrected chi connectivity index (χ4v) is 3.05. The van der Waals surface area contributed by atoms with Crippen molar-refractivity contribution in [3.8, 4) is 17.4 Å². The summed E-state index contributed by atoms with van der Waals surface area (Å²) in [5.74, 6) is 1.68. The van der Waals surface area contributed by atoms with Crippen molar-refractivity contribution in [1.82, 2.24) is 4.98 Å². The Hall–Kier alpha value is -3.54. The highest BCUT2D eigenvalue weighted by Crippen LogP contribution is 2.31. The lowest BCUT2D eigenvalue weighted by molar-refractivity contribution is 0.257. The number of methoxy groups -OCH3 is 1. The Morgan fingerprint density at radius 3 is 2.63 bits per heavy atom. The summed E-state index contributed by atoms with van der Waals surface area (Å²) < 4.78 is 11.0. The maximum Gasteiger partial charge on any atom is 0.326 e. The first-order valence-corrected chi connectivity index (χ1v) is 8.68. The van der Waals surface area contributed by atoms with Crippen LogP contribution in [0.3, 0.4) is 0 Å². The van der Waals surface area contributed by atoms with Crippen molar-refractivity contribution >= 4 is 17.4 Å². The number of carbonyl (C=O) groups excluding carboxylic acids is 1. The smallest absolute Gasteiger partial charge is 0.326 e. The summed E-state index contributed by atoms with van der Waals surface area (Å²) in [5.41, 5.74) is 2.63. The van der Waals surface area contributed by atoms with Gasteiger partial charge in [-0.1, -0.05) is 18.2 Å². The van der Waals surface area contributed by atoms with E-state index in [1.54, 1.807) is 54.6 Å². The van der Waals surface area contributed by atoms with Crippen LogP contribution in [0, 0.1) is 0 Å². The van der Waals surface area contributed by atoms with Crippen LogP contribution in [-0.4, -0.2) is 24.7 Å². The number of pyridine rings is 1. The number of amides is 2. The molecule has 2 heterocycles. The maximum atomic E-state index is 12.8. The number of benzene rings is 2. The molecular formula is C21H19N3O3. The third-order valence-electron chi connectivity index (χ3n) is 4.42. The van der Waals surface area contributed by atoms with E-state index in [4.69, 9.17) is 9.47 Å². The summed E-state index contributed by atoms with van der Waals surface area (Å²) in [4.78, 5) is 18.8. The van der Waals surface area contributed by atoms with E-state index in [0.717, 1.165) is 17.9 Å². The summed E-state index contributed by atoms with van der Waals surface area (Å²) >= 11 is 0. The second kappa shape index (κ2) is 7.37. The highest BCUT2D eigenvalue weighted by Gasteiger charge is 2.25. The number of rotatable bonds is 4. The summed E-state index contributed by atoms with van der Waals surface area (Å²) in [5, 5.41) is 2.91. The molecule has 6 nitrogen and oxygen atoms in total. The van der Waals surface area contributed by atoms with E-state index in [1.807, 2.05) is 24.3 Å². The Kier molecular flexibility index (Phi) is 4.61. The number of carbonyl (C=O) groups is 1. The first-order chi connectivity index (χ1) is 13.2. The van der Waals surface area contributed by atoms with Crippen LogP contribution < -0.4 is 19.7 Å². The van der Waals surface area contributed by atoms with Gasteiger partial charge < -0.3 is 14.8 Å². The van der Waals surface area contributed by atoms with Crippen LogP contribution in [-0.2, 0) is 6.42 Å². The average molecular weight is 361 g/mol. The van der Waals surface area contributed by atoms with Crippen LogP contribution in [0.5, 0.6) is 17.4 Å². The van der Waals surface area contributed by atoms with Gasteiger partial charge in [-0.15, -0.1) is 0 Å². The highest BCUT2D eigenvalue weighted by molar-refractivity contribution is 6.03. The molecule has 4 rings (SSSR count). The molecule has 3 aromatic rings. The molecule has 1 aromatic heterocycles. The molecule has 1 aliphatic rings. The molecule has 0 fully saturated rings. The predicted molar refractivity (Wildman–Crippen MR) is 104 cm³/mol. The van der Waals surface area contributed by atoms with Crippen molar-refractivity contribution in [2.45, 2.75) is 6.42 Å². The molecule has 0 spiro atoms. The topological polar surface area (TPSA) is 63.7 Å². The molecule has 1 N–H and O–H groups in total. The van der Waals surface area contributed by atoms with Gasteiger partial charge in [0.1, 0.15) is 17.2 Å². The number of nitrogens with zero attached hydrogens (tertiary/aromatic N) is 2. The minimum atomic E-state index is -0.201. The number of para-hydroxylation sites is 1. The Morgan fingerprint density at radius 2 is 1.81 bits per heavy atom. The quantitative estimate of drug-likeness (QED) is 0.744. The van der Waals surface area contributed by atoms with Crippen LogP contribution in [0.2, 0.25) is 0 Å². The van der Waals surface area contributed by atoms with E-state index in [0.29, 0.717) is 23.9 Å². The lowest BCUT2D eigenvalue weighted by atomic mass is 10.2. The first-order valence-electron chi connectivity index (χ1n) is 8.68. The van der Waals surface area contributed by atoms with Crippen molar-refractivity contribution in [3.05, 3.63) is 72.4 Å². The van der Waals surface area contributed by atoms with Gasteiger partial charge in [-0.25, -0.2) is 9.78 Å². The van der Waals surface area contributed by atoms with Gasteiger partial charge in [-0.2, -0.15) is 0 Å². The van der Waals surface area contributed by atoms with E-state index in [1.165, 1.54) is 5.56 Å². The number of aromatic nitrogens is 1. The van der Waals surface area contributed by atoms with Crippen LogP contribution in [0.15, 0.2) is 66.9 Å². The standard InChI is InChI=1S/C21H19N3O3/c1-26-16-8-10-17(11-9-16)27-20-18(6-4-13-22-20)23-21(25)24-14-12-15-5-2-3-7-19(15)24/h2-11,13H,12,14H2,1H3,(H,23,25). The van der Waals surface area contributed by atoms with E-state index in [-0.39, 0.29) is 6.03 Å². The van der Waals surface area contributed by atoms with Gasteiger partial charge >= 0.3 is 6.03 Å². The second-order valence-electron chi connectivity index (χ2n) is 6.09. The molecule has 0 saturated carbocycles. The SMILES string of the molecule is COc1ccc(Oc2ncccc2NC(=O)N2CCc3ccccc32)cc1. The summed E-state index contributed by atoms with van der Waals surface area (Å²) in [6.07, 6.45) is 2.48. The molecule has 6 heteroatoms. The van der Waals surface area contributed by atoms with Crippen LogP contribution in [0.4, 0.5) is 16.2 Å². The number of urea groups is 1. The zero-order valence-corrected chi connectivity index (χ0v) is 14.9. The number of hydrogen-bond donors (Lipinski definition) is 1. The van der Waals surface area contributed by atoms with E-state index in [2.05, 4.69) is 10.3 Å². The third kappa shape index (κ3) is 3.55. The van der Waals surface area contributed by atoms with Gasteiger partial charge in [0.2, 0.25) is 5.88 Å². The molecule has 0 unspecified atom stereocenters. The molecular weight excluding hydrogens is 342 g/mol. The van der Waals surface area contributed by atoms with Gasteiger partial charge in [-0.05, 0) is 54.4 Å². The predicted octanol–water partition coefficient (Wildman–Crippen LogP) is 4.48. The Balaban J connectivity index is 1.52. The van der Waals surface area contributed by atoms with E-state index in [9.17, 15) is 4.79 Å². The van der Waals surface area contributed by atoms with Gasteiger partial charge in [0.15, 0.2) is 0 Å². The van der Waals surface area contributed by atoms with Crippen LogP contribution >= 0.6 is 0 Å².